The molecule has 0 radical (unpaired) electrons. The number of carbonyl (C=O) groups is 2. The van der Waals surface area contributed by atoms with Crippen LogP contribution in [0, 0.1) is 5.82 Å². The highest BCUT2D eigenvalue weighted by Gasteiger charge is 2.11. The number of amides is 2. The van der Waals surface area contributed by atoms with E-state index < -0.39 is 17.8 Å². The van der Waals surface area contributed by atoms with Crippen LogP contribution in [0.25, 0.3) is 0 Å². The van der Waals surface area contributed by atoms with Gasteiger partial charge in [-0.3, -0.25) is 4.79 Å². The summed E-state index contributed by atoms with van der Waals surface area (Å²) in [6, 6.07) is 3.42. The van der Waals surface area contributed by atoms with Crippen molar-refractivity contribution in [2.24, 2.45) is 0 Å². The highest BCUT2D eigenvalue weighted by atomic mass is 35.5. The number of carboxylic acid groups (broad SMARTS) is 1. The minimum atomic E-state index is -0.919. The standard InChI is InChI=1S/C12H14ClFN2O3/c1-16(6-2-3-11(17)18)12(19)15-10-5-4-8(13)7-9(10)14/h4-5,7H,2-3,6H2,1H3,(H,15,19)(H,17,18). The van der Waals surface area contributed by atoms with Crippen molar-refractivity contribution in [1.82, 2.24) is 4.90 Å². The Morgan fingerprint density at radius 2 is 2.16 bits per heavy atom. The van der Waals surface area contributed by atoms with E-state index in [2.05, 4.69) is 5.32 Å². The Balaban J connectivity index is 2.51. The number of carbonyl (C=O) groups excluding carboxylic acids is 1. The topological polar surface area (TPSA) is 69.6 Å². The van der Waals surface area contributed by atoms with E-state index in [9.17, 15) is 14.0 Å². The molecule has 0 spiro atoms. The highest BCUT2D eigenvalue weighted by molar-refractivity contribution is 6.30. The molecule has 19 heavy (non-hydrogen) atoms. The molecule has 1 aromatic carbocycles. The monoisotopic (exact) mass is 288 g/mol. The van der Waals surface area contributed by atoms with Crippen molar-refractivity contribution >= 4 is 29.3 Å². The quantitative estimate of drug-likeness (QED) is 0.875. The Morgan fingerprint density at radius 1 is 1.47 bits per heavy atom. The van der Waals surface area contributed by atoms with Gasteiger partial charge in [0.15, 0.2) is 0 Å². The van der Waals surface area contributed by atoms with Gasteiger partial charge >= 0.3 is 12.0 Å². The third-order valence-electron chi connectivity index (χ3n) is 2.40. The molecule has 0 aliphatic carbocycles. The first-order chi connectivity index (χ1) is 8.90. The van der Waals surface area contributed by atoms with E-state index in [-0.39, 0.29) is 23.7 Å². The maximum absolute atomic E-state index is 13.4. The summed E-state index contributed by atoms with van der Waals surface area (Å²) in [6.07, 6.45) is 0.315. The molecular weight excluding hydrogens is 275 g/mol. The number of nitrogens with one attached hydrogen (secondary N) is 1. The summed E-state index contributed by atoms with van der Waals surface area (Å²) < 4.78 is 13.4. The molecule has 0 saturated heterocycles. The van der Waals surface area contributed by atoms with Gasteiger partial charge < -0.3 is 15.3 Å². The lowest BCUT2D eigenvalue weighted by atomic mass is 10.3. The van der Waals surface area contributed by atoms with Crippen molar-refractivity contribution < 1.29 is 19.1 Å². The Hall–Kier alpha value is -1.82. The molecule has 0 aliphatic rings. The van der Waals surface area contributed by atoms with Crippen molar-refractivity contribution in [3.05, 3.63) is 29.0 Å². The molecule has 0 aliphatic heterocycles. The highest BCUT2D eigenvalue weighted by Crippen LogP contribution is 2.19. The van der Waals surface area contributed by atoms with E-state index >= 15 is 0 Å². The molecule has 104 valence electrons. The normalized spacial score (nSPS) is 10.1. The fraction of sp³-hybridized carbons (Fsp3) is 0.333. The van der Waals surface area contributed by atoms with Crippen LogP contribution in [-0.2, 0) is 4.79 Å². The van der Waals surface area contributed by atoms with Crippen LogP contribution in [0.5, 0.6) is 0 Å². The van der Waals surface area contributed by atoms with Gasteiger partial charge in [0, 0.05) is 25.0 Å². The second kappa shape index (κ2) is 6.94. The van der Waals surface area contributed by atoms with Crippen molar-refractivity contribution in [1.29, 1.82) is 0 Å². The van der Waals surface area contributed by atoms with Gasteiger partial charge in [-0.1, -0.05) is 11.6 Å². The Kier molecular flexibility index (Phi) is 5.57. The van der Waals surface area contributed by atoms with Crippen molar-refractivity contribution in [2.75, 3.05) is 18.9 Å². The summed E-state index contributed by atoms with van der Waals surface area (Å²) in [6.45, 7) is 0.271. The van der Waals surface area contributed by atoms with Gasteiger partial charge in [0.05, 0.1) is 5.69 Å². The number of benzene rings is 1. The van der Waals surface area contributed by atoms with Crippen LogP contribution in [0.1, 0.15) is 12.8 Å². The summed E-state index contributed by atoms with van der Waals surface area (Å²) in [5, 5.41) is 11.1. The number of rotatable bonds is 5. The first-order valence-corrected chi connectivity index (χ1v) is 5.97. The molecule has 0 atom stereocenters. The van der Waals surface area contributed by atoms with Crippen LogP contribution in [0.4, 0.5) is 14.9 Å². The summed E-state index contributed by atoms with van der Waals surface area (Å²) >= 11 is 5.60. The van der Waals surface area contributed by atoms with Crippen LogP contribution in [0.2, 0.25) is 5.02 Å². The minimum Gasteiger partial charge on any atom is -0.481 e. The molecule has 7 heteroatoms. The average molecular weight is 289 g/mol. The largest absolute Gasteiger partial charge is 0.481 e. The van der Waals surface area contributed by atoms with Gasteiger partial charge in [-0.25, -0.2) is 9.18 Å². The first kappa shape index (κ1) is 15.2. The van der Waals surface area contributed by atoms with Crippen LogP contribution in [-0.4, -0.2) is 35.6 Å². The van der Waals surface area contributed by atoms with Crippen molar-refractivity contribution in [3.63, 3.8) is 0 Å². The lowest BCUT2D eigenvalue weighted by molar-refractivity contribution is -0.137. The smallest absolute Gasteiger partial charge is 0.321 e. The molecule has 2 N–H and O–H groups in total. The van der Waals surface area contributed by atoms with Gasteiger partial charge in [-0.2, -0.15) is 0 Å². The molecule has 0 unspecified atom stereocenters. The van der Waals surface area contributed by atoms with E-state index in [1.54, 1.807) is 0 Å². The van der Waals surface area contributed by atoms with Gasteiger partial charge in [0.2, 0.25) is 0 Å². The number of anilines is 1. The van der Waals surface area contributed by atoms with Crippen LogP contribution in [0.15, 0.2) is 18.2 Å². The van der Waals surface area contributed by atoms with Crippen LogP contribution >= 0.6 is 11.6 Å². The number of carboxylic acids is 1. The van der Waals surface area contributed by atoms with Crippen molar-refractivity contribution in [2.45, 2.75) is 12.8 Å². The molecule has 1 rings (SSSR count). The maximum atomic E-state index is 13.4. The Morgan fingerprint density at radius 3 is 2.74 bits per heavy atom. The Bertz CT molecular complexity index is 482. The molecular formula is C12H14ClFN2O3. The zero-order valence-corrected chi connectivity index (χ0v) is 11.1. The summed E-state index contributed by atoms with van der Waals surface area (Å²) in [7, 11) is 1.50. The second-order valence-electron chi connectivity index (χ2n) is 3.97. The molecule has 0 saturated carbocycles. The SMILES string of the molecule is CN(CCCC(=O)O)C(=O)Nc1ccc(Cl)cc1F. The molecule has 0 fully saturated rings. The minimum absolute atomic E-state index is 0.0209. The zero-order valence-electron chi connectivity index (χ0n) is 10.3. The maximum Gasteiger partial charge on any atom is 0.321 e. The summed E-state index contributed by atoms with van der Waals surface area (Å²) in [5.41, 5.74) is 0.0273. The fourth-order valence-electron chi connectivity index (χ4n) is 1.37. The van der Waals surface area contributed by atoms with Gasteiger partial charge in [0.25, 0.3) is 0 Å². The van der Waals surface area contributed by atoms with Gasteiger partial charge in [-0.05, 0) is 24.6 Å². The number of aliphatic carboxylic acids is 1. The van der Waals surface area contributed by atoms with E-state index in [1.807, 2.05) is 0 Å². The number of hydrogen-bond donors (Lipinski definition) is 2. The number of nitrogens with zero attached hydrogens (tertiary/aromatic N) is 1. The third kappa shape index (κ3) is 5.13. The van der Waals surface area contributed by atoms with Crippen LogP contribution in [0.3, 0.4) is 0 Å². The lowest BCUT2D eigenvalue weighted by Crippen LogP contribution is -2.32. The molecule has 1 aromatic rings. The lowest BCUT2D eigenvalue weighted by Gasteiger charge is -2.17. The average Bonchev–Trinajstić information content (AvgIpc) is 2.32. The molecule has 5 nitrogen and oxygen atoms in total. The molecule has 2 amide bonds. The van der Waals surface area contributed by atoms with Gasteiger partial charge in [0.1, 0.15) is 5.82 Å². The summed E-state index contributed by atoms with van der Waals surface area (Å²) in [4.78, 5) is 23.3. The molecule has 0 aromatic heterocycles. The molecule has 0 heterocycles. The zero-order chi connectivity index (χ0) is 14.4. The van der Waals surface area contributed by atoms with E-state index in [4.69, 9.17) is 16.7 Å². The van der Waals surface area contributed by atoms with E-state index in [0.717, 1.165) is 6.07 Å². The third-order valence-corrected chi connectivity index (χ3v) is 2.64. The number of hydrogen-bond acceptors (Lipinski definition) is 2. The summed E-state index contributed by atoms with van der Waals surface area (Å²) in [5.74, 6) is -1.54. The number of halogens is 2. The van der Waals surface area contributed by atoms with Gasteiger partial charge in [-0.15, -0.1) is 0 Å². The fourth-order valence-corrected chi connectivity index (χ4v) is 1.53. The Labute approximate surface area is 115 Å². The molecule has 0 bridgehead atoms. The number of urea groups is 1. The predicted octanol–water partition coefficient (Wildman–Crippen LogP) is 2.81. The van der Waals surface area contributed by atoms with Crippen molar-refractivity contribution in [3.8, 4) is 0 Å². The van der Waals surface area contributed by atoms with E-state index in [0.29, 0.717) is 6.42 Å². The first-order valence-electron chi connectivity index (χ1n) is 5.59. The van der Waals surface area contributed by atoms with Crippen LogP contribution < -0.4 is 5.32 Å². The van der Waals surface area contributed by atoms with E-state index in [1.165, 1.54) is 24.1 Å². The second-order valence-corrected chi connectivity index (χ2v) is 4.41. The predicted molar refractivity (Wildman–Crippen MR) is 69.9 cm³/mol.